The van der Waals surface area contributed by atoms with Gasteiger partial charge in [-0.05, 0) is 76.0 Å². The Morgan fingerprint density at radius 3 is 2.72 bits per heavy atom. The van der Waals surface area contributed by atoms with Gasteiger partial charge in [-0.1, -0.05) is 12.1 Å². The number of hydrogen-bond acceptors (Lipinski definition) is 7. The molecule has 0 spiro atoms. The number of aryl methyl sites for hydroxylation is 1. The maximum absolute atomic E-state index is 12.9. The number of urea groups is 1. The number of hydrogen-bond donors (Lipinski definition) is 2. The lowest BCUT2D eigenvalue weighted by molar-refractivity contribution is 0.254. The number of pyridine rings is 1. The van der Waals surface area contributed by atoms with Crippen molar-refractivity contribution in [3.63, 3.8) is 0 Å². The molecule has 0 saturated carbocycles. The van der Waals surface area contributed by atoms with Crippen LogP contribution in [-0.2, 0) is 22.9 Å². The predicted molar refractivity (Wildman–Crippen MR) is 138 cm³/mol. The van der Waals surface area contributed by atoms with Crippen LogP contribution in [0.1, 0.15) is 37.4 Å². The number of amides is 2. The van der Waals surface area contributed by atoms with Crippen molar-refractivity contribution < 1.29 is 17.9 Å². The van der Waals surface area contributed by atoms with E-state index in [9.17, 15) is 13.2 Å². The second-order valence-corrected chi connectivity index (χ2v) is 10.9. The van der Waals surface area contributed by atoms with Gasteiger partial charge in [0.1, 0.15) is 6.61 Å². The van der Waals surface area contributed by atoms with Crippen molar-refractivity contribution in [1.82, 2.24) is 24.4 Å². The third-order valence-electron chi connectivity index (χ3n) is 5.97. The van der Waals surface area contributed by atoms with E-state index in [-0.39, 0.29) is 11.1 Å². The fraction of sp³-hybridized carbons (Fsp3) is 0.400. The number of carbonyl (C=O) groups excluding carboxylic acids is 1. The summed E-state index contributed by atoms with van der Waals surface area (Å²) in [7, 11) is -0.198. The molecule has 36 heavy (non-hydrogen) atoms. The van der Waals surface area contributed by atoms with Crippen LogP contribution in [0.15, 0.2) is 47.8 Å². The summed E-state index contributed by atoms with van der Waals surface area (Å²) in [5.41, 5.74) is 4.33. The summed E-state index contributed by atoms with van der Waals surface area (Å²) in [6.45, 7) is 5.02. The largest absolute Gasteiger partial charge is 0.476 e. The molecule has 10 nitrogen and oxygen atoms in total. The van der Waals surface area contributed by atoms with Crippen molar-refractivity contribution in [3.05, 3.63) is 53.9 Å². The van der Waals surface area contributed by atoms with Gasteiger partial charge in [0, 0.05) is 36.6 Å². The molecule has 2 N–H and O–H groups in total. The van der Waals surface area contributed by atoms with Gasteiger partial charge in [-0.2, -0.15) is 13.5 Å². The van der Waals surface area contributed by atoms with Crippen LogP contribution >= 0.6 is 0 Å². The first-order valence-corrected chi connectivity index (χ1v) is 13.4. The second-order valence-electron chi connectivity index (χ2n) is 9.30. The number of likely N-dealkylation sites (N-methyl/N-ethyl adjacent to an activating group) is 1. The highest BCUT2D eigenvalue weighted by atomic mass is 32.2. The van der Waals surface area contributed by atoms with E-state index in [1.165, 1.54) is 10.7 Å². The van der Waals surface area contributed by atoms with Gasteiger partial charge in [-0.15, -0.1) is 0 Å². The molecule has 0 bridgehead atoms. The van der Waals surface area contributed by atoms with E-state index in [0.717, 1.165) is 48.1 Å². The van der Waals surface area contributed by atoms with Crippen LogP contribution in [0.5, 0.6) is 5.88 Å². The molecule has 3 aromatic rings. The van der Waals surface area contributed by atoms with Crippen LogP contribution in [-0.4, -0.2) is 61.4 Å². The molecule has 1 aliphatic rings. The topological polar surface area (TPSA) is 118 Å². The fourth-order valence-corrected chi connectivity index (χ4v) is 4.94. The lowest BCUT2D eigenvalue weighted by atomic mass is 9.98. The highest BCUT2D eigenvalue weighted by molar-refractivity contribution is 7.90. The van der Waals surface area contributed by atoms with E-state index in [2.05, 4.69) is 26.2 Å². The third-order valence-corrected chi connectivity index (χ3v) is 7.19. The fourth-order valence-electron chi connectivity index (χ4n) is 4.10. The van der Waals surface area contributed by atoms with Crippen molar-refractivity contribution in [2.75, 3.05) is 32.6 Å². The number of aromatic nitrogens is 3. The van der Waals surface area contributed by atoms with Crippen molar-refractivity contribution in [2.45, 2.75) is 44.2 Å². The van der Waals surface area contributed by atoms with Crippen molar-refractivity contribution in [2.24, 2.45) is 0 Å². The summed E-state index contributed by atoms with van der Waals surface area (Å²) in [5.74, 6) is 0.480. The molecule has 0 fully saturated rings. The van der Waals surface area contributed by atoms with Gasteiger partial charge in [-0.25, -0.2) is 14.5 Å². The second kappa shape index (κ2) is 10.7. The molecule has 0 aliphatic heterocycles. The summed E-state index contributed by atoms with van der Waals surface area (Å²) in [5, 5.41) is 6.67. The van der Waals surface area contributed by atoms with Gasteiger partial charge in [0.2, 0.25) is 5.88 Å². The molecule has 2 heterocycles. The zero-order valence-electron chi connectivity index (χ0n) is 21.0. The monoisotopic (exact) mass is 512 g/mol. The van der Waals surface area contributed by atoms with E-state index in [0.29, 0.717) is 18.2 Å². The molecule has 2 amide bonds. The molecule has 4 rings (SSSR count). The Kier molecular flexibility index (Phi) is 7.60. The number of rotatable bonds is 9. The highest BCUT2D eigenvalue weighted by Gasteiger charge is 2.25. The van der Waals surface area contributed by atoms with Gasteiger partial charge in [0.15, 0.2) is 5.03 Å². The molecule has 192 valence electrons. The Morgan fingerprint density at radius 1 is 1.19 bits per heavy atom. The molecule has 0 unspecified atom stereocenters. The number of benzene rings is 1. The minimum absolute atomic E-state index is 0.00523. The minimum Gasteiger partial charge on any atom is -0.476 e. The molecule has 1 aromatic carbocycles. The highest BCUT2D eigenvalue weighted by Crippen LogP contribution is 2.38. The Labute approximate surface area is 211 Å². The number of fused-ring (bicyclic) bond motifs is 1. The van der Waals surface area contributed by atoms with Gasteiger partial charge >= 0.3 is 6.03 Å². The van der Waals surface area contributed by atoms with Gasteiger partial charge < -0.3 is 15.0 Å². The maximum Gasteiger partial charge on any atom is 0.333 e. The molecular weight excluding hydrogens is 480 g/mol. The van der Waals surface area contributed by atoms with Crippen molar-refractivity contribution in [3.8, 4) is 17.0 Å². The average Bonchev–Trinajstić information content (AvgIpc) is 3.49. The summed E-state index contributed by atoms with van der Waals surface area (Å²) < 4.78 is 35.0. The lowest BCUT2D eigenvalue weighted by Gasteiger charge is -2.17. The molecule has 0 radical (unpaired) electrons. The summed E-state index contributed by atoms with van der Waals surface area (Å²) in [4.78, 5) is 19.2. The standard InChI is InChI=1S/C25H32N6O4S/c1-17(2)31-13-11-23(28-31)36(33,34)29-25(32)27-24-20-7-5-6-18(20)8-9-21(24)19-10-12-26-22(16-19)35-15-14-30(3)4/h8-13,16-17H,5-7,14-15H2,1-4H3,(H2,27,29,32). The van der Waals surface area contributed by atoms with Gasteiger partial charge in [0.25, 0.3) is 10.0 Å². The smallest absolute Gasteiger partial charge is 0.333 e. The molecule has 1 aliphatic carbocycles. The van der Waals surface area contributed by atoms with E-state index < -0.39 is 16.1 Å². The lowest BCUT2D eigenvalue weighted by Crippen LogP contribution is -2.35. The zero-order chi connectivity index (χ0) is 25.9. The Bertz CT molecular complexity index is 1350. The minimum atomic E-state index is -4.14. The molecule has 0 saturated heterocycles. The Morgan fingerprint density at radius 2 is 2.00 bits per heavy atom. The number of nitrogens with one attached hydrogen (secondary N) is 2. The first kappa shape index (κ1) is 25.6. The summed E-state index contributed by atoms with van der Waals surface area (Å²) >= 11 is 0. The van der Waals surface area contributed by atoms with Gasteiger partial charge in [0.05, 0.1) is 5.69 Å². The third kappa shape index (κ3) is 5.85. The average molecular weight is 513 g/mol. The van der Waals surface area contributed by atoms with Crippen LogP contribution < -0.4 is 14.8 Å². The summed E-state index contributed by atoms with van der Waals surface area (Å²) in [6, 6.07) is 8.19. The van der Waals surface area contributed by atoms with Gasteiger partial charge in [-0.3, -0.25) is 4.68 Å². The first-order chi connectivity index (χ1) is 17.1. The van der Waals surface area contributed by atoms with Crippen LogP contribution in [0.25, 0.3) is 11.1 Å². The Hall–Kier alpha value is -3.44. The quantitative estimate of drug-likeness (QED) is 0.451. The number of nitrogens with zero attached hydrogens (tertiary/aromatic N) is 4. The zero-order valence-corrected chi connectivity index (χ0v) is 21.8. The molecule has 11 heteroatoms. The Balaban J connectivity index is 1.59. The van der Waals surface area contributed by atoms with Crippen molar-refractivity contribution >= 4 is 21.7 Å². The number of anilines is 1. The number of sulfonamides is 1. The van der Waals surface area contributed by atoms with E-state index in [1.54, 1.807) is 12.4 Å². The number of ether oxygens (including phenoxy) is 1. The van der Waals surface area contributed by atoms with E-state index in [1.807, 2.05) is 51.0 Å². The van der Waals surface area contributed by atoms with Crippen molar-refractivity contribution in [1.29, 1.82) is 0 Å². The van der Waals surface area contributed by atoms with Crippen LogP contribution in [0.3, 0.4) is 0 Å². The first-order valence-electron chi connectivity index (χ1n) is 11.9. The van der Waals surface area contributed by atoms with E-state index >= 15 is 0 Å². The molecule has 0 atom stereocenters. The molecular formula is C25H32N6O4S. The normalized spacial score (nSPS) is 13.2. The van der Waals surface area contributed by atoms with E-state index in [4.69, 9.17) is 4.74 Å². The molecule has 2 aromatic heterocycles. The predicted octanol–water partition coefficient (Wildman–Crippen LogP) is 3.47. The number of carbonyl (C=O) groups is 1. The van der Waals surface area contributed by atoms with Crippen LogP contribution in [0, 0.1) is 0 Å². The van der Waals surface area contributed by atoms with Crippen LogP contribution in [0.4, 0.5) is 10.5 Å². The summed E-state index contributed by atoms with van der Waals surface area (Å²) in [6.07, 6.45) is 5.90. The van der Waals surface area contributed by atoms with Crippen LogP contribution in [0.2, 0.25) is 0 Å². The maximum atomic E-state index is 12.9. The SMILES string of the molecule is CC(C)n1ccc(S(=O)(=O)NC(=O)Nc2c(-c3ccnc(OCCN(C)C)c3)ccc3c2CCC3)n1.